The first kappa shape index (κ1) is 15.3. The minimum atomic E-state index is 0.302. The second-order valence-electron chi connectivity index (χ2n) is 6.82. The van der Waals surface area contributed by atoms with Gasteiger partial charge < -0.3 is 10.4 Å². The molecule has 1 unspecified atom stereocenters. The van der Waals surface area contributed by atoms with Gasteiger partial charge in [-0.1, -0.05) is 13.8 Å². The summed E-state index contributed by atoms with van der Waals surface area (Å²) in [7, 11) is 0. The van der Waals surface area contributed by atoms with E-state index in [-0.39, 0.29) is 0 Å². The van der Waals surface area contributed by atoms with Crippen LogP contribution in [0.15, 0.2) is 0 Å². The van der Waals surface area contributed by atoms with Crippen LogP contribution in [0.2, 0.25) is 0 Å². The predicted molar refractivity (Wildman–Crippen MR) is 80.3 cm³/mol. The number of hydrogen-bond acceptors (Lipinski definition) is 3. The molecule has 1 saturated carbocycles. The molecule has 2 aliphatic rings. The van der Waals surface area contributed by atoms with Gasteiger partial charge in [0.2, 0.25) is 0 Å². The third kappa shape index (κ3) is 4.44. The molecule has 0 spiro atoms. The number of aliphatic hydroxyl groups is 1. The second-order valence-corrected chi connectivity index (χ2v) is 6.82. The lowest BCUT2D eigenvalue weighted by Gasteiger charge is -2.39. The van der Waals surface area contributed by atoms with Crippen molar-refractivity contribution < 1.29 is 5.11 Å². The smallest absolute Gasteiger partial charge is 0.0558 e. The fourth-order valence-electron chi connectivity index (χ4n) is 3.88. The Morgan fingerprint density at radius 2 is 1.89 bits per heavy atom. The summed E-state index contributed by atoms with van der Waals surface area (Å²) in [6.07, 6.45) is 8.04. The topological polar surface area (TPSA) is 35.5 Å². The van der Waals surface area contributed by atoms with Gasteiger partial charge in [0.1, 0.15) is 0 Å². The van der Waals surface area contributed by atoms with Crippen molar-refractivity contribution in [1.29, 1.82) is 0 Å². The maximum absolute atomic E-state index is 9.32. The molecule has 1 atom stereocenters. The van der Waals surface area contributed by atoms with Crippen LogP contribution >= 0.6 is 0 Å². The third-order valence-electron chi connectivity index (χ3n) is 5.21. The number of nitrogens with zero attached hydrogens (tertiary/aromatic N) is 1. The van der Waals surface area contributed by atoms with E-state index >= 15 is 0 Å². The van der Waals surface area contributed by atoms with Gasteiger partial charge in [0.25, 0.3) is 0 Å². The highest BCUT2D eigenvalue weighted by molar-refractivity contribution is 4.85. The van der Waals surface area contributed by atoms with Crippen LogP contribution in [0, 0.1) is 11.8 Å². The van der Waals surface area contributed by atoms with Gasteiger partial charge in [-0.25, -0.2) is 0 Å². The molecule has 0 amide bonds. The molecule has 1 aliphatic heterocycles. The molecule has 0 aromatic carbocycles. The fourth-order valence-corrected chi connectivity index (χ4v) is 3.88. The van der Waals surface area contributed by atoms with Crippen molar-refractivity contribution in [2.45, 2.75) is 64.5 Å². The predicted octanol–water partition coefficient (Wildman–Crippen LogP) is 2.25. The molecule has 3 nitrogen and oxygen atoms in total. The van der Waals surface area contributed by atoms with E-state index in [1.807, 2.05) is 0 Å². The minimum absolute atomic E-state index is 0.302. The quantitative estimate of drug-likeness (QED) is 0.775. The molecule has 0 aromatic heterocycles. The van der Waals surface area contributed by atoms with Crippen LogP contribution in [0.1, 0.15) is 52.4 Å². The van der Waals surface area contributed by atoms with Gasteiger partial charge >= 0.3 is 0 Å². The maximum atomic E-state index is 9.32. The third-order valence-corrected chi connectivity index (χ3v) is 5.21. The lowest BCUT2D eigenvalue weighted by Crippen LogP contribution is -2.46. The van der Waals surface area contributed by atoms with Crippen molar-refractivity contribution in [1.82, 2.24) is 10.2 Å². The standard InChI is InChI=1S/C16H32N2O/c1-13(2)14-5-7-16(8-6-14)18(10-11-19)12-15-4-3-9-17-15/h13-17,19H,3-12H2,1-2H3. The highest BCUT2D eigenvalue weighted by Gasteiger charge is 2.28. The lowest BCUT2D eigenvalue weighted by atomic mass is 9.79. The summed E-state index contributed by atoms with van der Waals surface area (Å²) in [5, 5.41) is 12.9. The minimum Gasteiger partial charge on any atom is -0.395 e. The molecule has 112 valence electrons. The highest BCUT2D eigenvalue weighted by Crippen LogP contribution is 2.32. The van der Waals surface area contributed by atoms with Crippen molar-refractivity contribution in [3.8, 4) is 0 Å². The van der Waals surface area contributed by atoms with Crippen LogP contribution < -0.4 is 5.32 Å². The van der Waals surface area contributed by atoms with Crippen molar-refractivity contribution in [3.63, 3.8) is 0 Å². The van der Waals surface area contributed by atoms with E-state index in [0.29, 0.717) is 18.7 Å². The number of hydrogen-bond donors (Lipinski definition) is 2. The maximum Gasteiger partial charge on any atom is 0.0558 e. The monoisotopic (exact) mass is 268 g/mol. The van der Waals surface area contributed by atoms with Gasteiger partial charge in [0.05, 0.1) is 6.61 Å². The summed E-state index contributed by atoms with van der Waals surface area (Å²) in [6, 6.07) is 1.37. The molecule has 2 rings (SSSR count). The Morgan fingerprint density at radius 3 is 2.42 bits per heavy atom. The van der Waals surface area contributed by atoms with Crippen LogP contribution in [0.4, 0.5) is 0 Å². The Bertz CT molecular complexity index is 243. The van der Waals surface area contributed by atoms with Crippen molar-refractivity contribution >= 4 is 0 Å². The highest BCUT2D eigenvalue weighted by atomic mass is 16.3. The van der Waals surface area contributed by atoms with Crippen LogP contribution in [-0.4, -0.2) is 48.3 Å². The van der Waals surface area contributed by atoms with Crippen molar-refractivity contribution in [2.75, 3.05) is 26.2 Å². The molecule has 1 aliphatic carbocycles. The van der Waals surface area contributed by atoms with Gasteiger partial charge in [-0.3, -0.25) is 4.90 Å². The second kappa shape index (κ2) is 7.61. The molecule has 0 radical (unpaired) electrons. The fraction of sp³-hybridized carbons (Fsp3) is 1.00. The molecule has 1 heterocycles. The largest absolute Gasteiger partial charge is 0.395 e. The molecule has 0 aromatic rings. The van der Waals surface area contributed by atoms with E-state index in [0.717, 1.165) is 24.9 Å². The molecule has 1 saturated heterocycles. The molecule has 2 N–H and O–H groups in total. The summed E-state index contributed by atoms with van der Waals surface area (Å²) < 4.78 is 0. The number of rotatable bonds is 6. The molecule has 3 heteroatoms. The molecule has 2 fully saturated rings. The van der Waals surface area contributed by atoms with E-state index in [1.54, 1.807) is 0 Å². The van der Waals surface area contributed by atoms with Crippen LogP contribution in [0.25, 0.3) is 0 Å². The lowest BCUT2D eigenvalue weighted by molar-refractivity contribution is 0.0943. The zero-order valence-corrected chi connectivity index (χ0v) is 12.8. The SMILES string of the molecule is CC(C)C1CCC(N(CCO)CC2CCCN2)CC1. The summed E-state index contributed by atoms with van der Waals surface area (Å²) in [5.74, 6) is 1.76. The Labute approximate surface area is 118 Å². The number of nitrogens with one attached hydrogen (secondary N) is 1. The zero-order valence-electron chi connectivity index (χ0n) is 12.8. The average Bonchev–Trinajstić information content (AvgIpc) is 2.91. The van der Waals surface area contributed by atoms with Crippen LogP contribution in [-0.2, 0) is 0 Å². The first-order valence-corrected chi connectivity index (χ1v) is 8.29. The zero-order chi connectivity index (χ0) is 13.7. The van der Waals surface area contributed by atoms with Gasteiger partial charge in [-0.15, -0.1) is 0 Å². The van der Waals surface area contributed by atoms with E-state index in [9.17, 15) is 5.11 Å². The van der Waals surface area contributed by atoms with Crippen LogP contribution in [0.5, 0.6) is 0 Å². The Morgan fingerprint density at radius 1 is 1.16 bits per heavy atom. The average molecular weight is 268 g/mol. The Hall–Kier alpha value is -0.120. The summed E-state index contributed by atoms with van der Waals surface area (Å²) in [6.45, 7) is 8.19. The molecular formula is C16H32N2O. The molecular weight excluding hydrogens is 236 g/mol. The van der Waals surface area contributed by atoms with Crippen molar-refractivity contribution in [3.05, 3.63) is 0 Å². The van der Waals surface area contributed by atoms with E-state index in [1.165, 1.54) is 45.1 Å². The normalized spacial score (nSPS) is 32.4. The van der Waals surface area contributed by atoms with E-state index in [2.05, 4.69) is 24.1 Å². The van der Waals surface area contributed by atoms with Gasteiger partial charge in [-0.05, 0) is 56.9 Å². The van der Waals surface area contributed by atoms with Gasteiger partial charge in [0.15, 0.2) is 0 Å². The number of aliphatic hydroxyl groups excluding tert-OH is 1. The Balaban J connectivity index is 1.81. The van der Waals surface area contributed by atoms with E-state index in [4.69, 9.17) is 0 Å². The van der Waals surface area contributed by atoms with Crippen LogP contribution in [0.3, 0.4) is 0 Å². The van der Waals surface area contributed by atoms with Gasteiger partial charge in [0, 0.05) is 25.2 Å². The molecule has 0 bridgehead atoms. The summed E-state index contributed by atoms with van der Waals surface area (Å²) >= 11 is 0. The Kier molecular flexibility index (Phi) is 6.11. The summed E-state index contributed by atoms with van der Waals surface area (Å²) in [5.41, 5.74) is 0. The van der Waals surface area contributed by atoms with E-state index < -0.39 is 0 Å². The first-order valence-electron chi connectivity index (χ1n) is 8.29. The molecule has 19 heavy (non-hydrogen) atoms. The van der Waals surface area contributed by atoms with Gasteiger partial charge in [-0.2, -0.15) is 0 Å². The van der Waals surface area contributed by atoms with Crippen molar-refractivity contribution in [2.24, 2.45) is 11.8 Å². The first-order chi connectivity index (χ1) is 9.20. The summed E-state index contributed by atoms with van der Waals surface area (Å²) in [4.78, 5) is 2.56.